The molecule has 2 aliphatic carbocycles. The highest BCUT2D eigenvalue weighted by Crippen LogP contribution is 2.50. The summed E-state index contributed by atoms with van der Waals surface area (Å²) in [5.74, 6) is 3.35. The van der Waals surface area contributed by atoms with E-state index >= 15 is 0 Å². The summed E-state index contributed by atoms with van der Waals surface area (Å²) in [7, 11) is 0. The second kappa shape index (κ2) is 3.54. The topological polar surface area (TPSA) is 23.8 Å². The molecule has 1 fully saturated rings. The fourth-order valence-electron chi connectivity index (χ4n) is 3.29. The molecule has 2 bridgehead atoms. The minimum absolute atomic E-state index is 0.748. The maximum absolute atomic E-state index is 8.59. The molecule has 2 aliphatic rings. The maximum atomic E-state index is 8.59. The molecule has 0 amide bonds. The summed E-state index contributed by atoms with van der Waals surface area (Å²) in [5, 5.41) is 8.59. The maximum Gasteiger partial charge on any atom is 0.0621 e. The van der Waals surface area contributed by atoms with E-state index in [0.717, 1.165) is 36.5 Å². The minimum Gasteiger partial charge on any atom is -0.198 e. The first kappa shape index (κ1) is 8.81. The van der Waals surface area contributed by atoms with E-state index in [9.17, 15) is 0 Å². The smallest absolute Gasteiger partial charge is 0.0621 e. The summed E-state index contributed by atoms with van der Waals surface area (Å²) in [6.07, 6.45) is 9.33. The van der Waals surface area contributed by atoms with Gasteiger partial charge in [-0.3, -0.25) is 0 Å². The normalized spacial score (nSPS) is 40.9. The molecule has 0 radical (unpaired) electrons. The van der Waals surface area contributed by atoms with Crippen molar-refractivity contribution in [2.24, 2.45) is 23.7 Å². The van der Waals surface area contributed by atoms with Gasteiger partial charge in [-0.25, -0.2) is 0 Å². The van der Waals surface area contributed by atoms with Crippen molar-refractivity contribution in [1.29, 1.82) is 5.26 Å². The first-order valence-electron chi connectivity index (χ1n) is 5.42. The van der Waals surface area contributed by atoms with E-state index in [1.54, 1.807) is 0 Å². The molecule has 2 rings (SSSR count). The minimum atomic E-state index is 0.748. The lowest BCUT2D eigenvalue weighted by Gasteiger charge is -2.26. The molecule has 4 atom stereocenters. The van der Waals surface area contributed by atoms with E-state index in [0.29, 0.717) is 0 Å². The van der Waals surface area contributed by atoms with Crippen LogP contribution in [0.25, 0.3) is 0 Å². The molecule has 70 valence electrons. The Balaban J connectivity index is 2.02. The second-order valence-electron chi connectivity index (χ2n) is 4.38. The molecular formula is C12H17N. The average Bonchev–Trinajstić information content (AvgIpc) is 2.73. The van der Waals surface area contributed by atoms with Crippen LogP contribution in [0.5, 0.6) is 0 Å². The zero-order valence-electron chi connectivity index (χ0n) is 8.24. The van der Waals surface area contributed by atoms with Crippen LogP contribution in [-0.2, 0) is 0 Å². The van der Waals surface area contributed by atoms with E-state index in [2.05, 4.69) is 25.1 Å². The third-order valence-corrected chi connectivity index (χ3v) is 3.86. The lowest BCUT2D eigenvalue weighted by atomic mass is 9.79. The van der Waals surface area contributed by atoms with Gasteiger partial charge in [0, 0.05) is 6.42 Å². The Kier molecular flexibility index (Phi) is 2.40. The SMILES string of the molecule is CCC1C2C=CC(C2)C1CCC#N. The molecule has 1 heteroatoms. The molecule has 1 nitrogen and oxygen atoms in total. The van der Waals surface area contributed by atoms with E-state index in [1.807, 2.05) is 0 Å². The molecule has 0 aromatic heterocycles. The first-order valence-corrected chi connectivity index (χ1v) is 5.42. The number of fused-ring (bicyclic) bond motifs is 2. The number of hydrogen-bond acceptors (Lipinski definition) is 1. The van der Waals surface area contributed by atoms with Gasteiger partial charge in [-0.1, -0.05) is 25.5 Å². The monoisotopic (exact) mass is 175 g/mol. The predicted octanol–water partition coefficient (Wildman–Crippen LogP) is 3.14. The van der Waals surface area contributed by atoms with Gasteiger partial charge in [0.15, 0.2) is 0 Å². The molecule has 13 heavy (non-hydrogen) atoms. The summed E-state index contributed by atoms with van der Waals surface area (Å²) in [6.45, 7) is 2.29. The number of rotatable bonds is 3. The van der Waals surface area contributed by atoms with Crippen LogP contribution in [0.2, 0.25) is 0 Å². The van der Waals surface area contributed by atoms with Gasteiger partial charge in [-0.15, -0.1) is 0 Å². The van der Waals surface area contributed by atoms with Crippen molar-refractivity contribution in [3.05, 3.63) is 12.2 Å². The third-order valence-electron chi connectivity index (χ3n) is 3.86. The lowest BCUT2D eigenvalue weighted by molar-refractivity contribution is 0.286. The lowest BCUT2D eigenvalue weighted by Crippen LogP contribution is -2.18. The van der Waals surface area contributed by atoms with Crippen LogP contribution in [0.4, 0.5) is 0 Å². The zero-order valence-corrected chi connectivity index (χ0v) is 8.24. The van der Waals surface area contributed by atoms with Gasteiger partial charge in [0.1, 0.15) is 0 Å². The molecule has 1 saturated carbocycles. The molecule has 0 spiro atoms. The fourth-order valence-corrected chi connectivity index (χ4v) is 3.29. The molecule has 0 heterocycles. The van der Waals surface area contributed by atoms with E-state index in [-0.39, 0.29) is 0 Å². The van der Waals surface area contributed by atoms with Crippen LogP contribution < -0.4 is 0 Å². The van der Waals surface area contributed by atoms with E-state index in [4.69, 9.17) is 5.26 Å². The van der Waals surface area contributed by atoms with Crippen molar-refractivity contribution in [2.75, 3.05) is 0 Å². The summed E-state index contributed by atoms with van der Waals surface area (Å²) >= 11 is 0. The largest absolute Gasteiger partial charge is 0.198 e. The quantitative estimate of drug-likeness (QED) is 0.604. The highest BCUT2D eigenvalue weighted by Gasteiger charge is 2.42. The molecular weight excluding hydrogens is 158 g/mol. The Morgan fingerprint density at radius 3 is 2.62 bits per heavy atom. The van der Waals surface area contributed by atoms with E-state index in [1.165, 1.54) is 12.8 Å². The Morgan fingerprint density at radius 1 is 1.31 bits per heavy atom. The van der Waals surface area contributed by atoms with Crippen molar-refractivity contribution >= 4 is 0 Å². The van der Waals surface area contributed by atoms with Gasteiger partial charge in [-0.05, 0) is 36.5 Å². The summed E-state index contributed by atoms with van der Waals surface area (Å²) in [6, 6.07) is 2.27. The van der Waals surface area contributed by atoms with Gasteiger partial charge < -0.3 is 0 Å². The number of nitriles is 1. The van der Waals surface area contributed by atoms with Crippen LogP contribution in [-0.4, -0.2) is 0 Å². The van der Waals surface area contributed by atoms with Crippen molar-refractivity contribution in [3.8, 4) is 6.07 Å². The highest BCUT2D eigenvalue weighted by molar-refractivity contribution is 5.13. The Hall–Kier alpha value is -0.770. The van der Waals surface area contributed by atoms with Crippen LogP contribution in [0.3, 0.4) is 0 Å². The van der Waals surface area contributed by atoms with Gasteiger partial charge in [-0.2, -0.15) is 5.26 Å². The standard InChI is InChI=1S/C12H17N/c1-2-11-9-5-6-10(8-9)12(11)4-3-7-13/h5-6,9-12H,2-4,8H2,1H3. The summed E-state index contributed by atoms with van der Waals surface area (Å²) in [4.78, 5) is 0. The van der Waals surface area contributed by atoms with Crippen LogP contribution in [0, 0.1) is 35.0 Å². The molecule has 0 N–H and O–H groups in total. The fraction of sp³-hybridized carbons (Fsp3) is 0.750. The van der Waals surface area contributed by atoms with Gasteiger partial charge >= 0.3 is 0 Å². The third kappa shape index (κ3) is 1.39. The van der Waals surface area contributed by atoms with Crippen LogP contribution >= 0.6 is 0 Å². The summed E-state index contributed by atoms with van der Waals surface area (Å²) < 4.78 is 0. The highest BCUT2D eigenvalue weighted by atomic mass is 14.5. The zero-order chi connectivity index (χ0) is 9.26. The Morgan fingerprint density at radius 2 is 2.00 bits per heavy atom. The van der Waals surface area contributed by atoms with Crippen LogP contribution in [0.15, 0.2) is 12.2 Å². The van der Waals surface area contributed by atoms with E-state index < -0.39 is 0 Å². The Bertz CT molecular complexity index is 248. The second-order valence-corrected chi connectivity index (χ2v) is 4.38. The molecule has 0 aromatic carbocycles. The number of hydrogen-bond donors (Lipinski definition) is 0. The van der Waals surface area contributed by atoms with Crippen molar-refractivity contribution in [3.63, 3.8) is 0 Å². The predicted molar refractivity (Wildman–Crippen MR) is 52.9 cm³/mol. The first-order chi connectivity index (χ1) is 6.36. The molecule has 0 aliphatic heterocycles. The Labute approximate surface area is 80.4 Å². The van der Waals surface area contributed by atoms with Gasteiger partial charge in [0.05, 0.1) is 6.07 Å². The average molecular weight is 175 g/mol. The summed E-state index contributed by atoms with van der Waals surface area (Å²) in [5.41, 5.74) is 0. The van der Waals surface area contributed by atoms with Gasteiger partial charge in [0.2, 0.25) is 0 Å². The van der Waals surface area contributed by atoms with Crippen molar-refractivity contribution < 1.29 is 0 Å². The number of nitrogens with zero attached hydrogens (tertiary/aromatic N) is 1. The van der Waals surface area contributed by atoms with Crippen LogP contribution in [0.1, 0.15) is 32.6 Å². The van der Waals surface area contributed by atoms with Crippen molar-refractivity contribution in [2.45, 2.75) is 32.6 Å². The number of allylic oxidation sites excluding steroid dienone is 2. The molecule has 4 unspecified atom stereocenters. The molecule has 0 saturated heterocycles. The molecule has 0 aromatic rings. The van der Waals surface area contributed by atoms with Crippen molar-refractivity contribution in [1.82, 2.24) is 0 Å². The van der Waals surface area contributed by atoms with Gasteiger partial charge in [0.25, 0.3) is 0 Å².